The summed E-state index contributed by atoms with van der Waals surface area (Å²) in [6.07, 6.45) is 4.24. The number of aliphatic hydroxyl groups excluding tert-OH is 1. The number of rotatable bonds is 6. The molecular weight excluding hydrogens is 278 g/mol. The van der Waals surface area contributed by atoms with E-state index in [1.54, 1.807) is 0 Å². The second-order valence-electron chi connectivity index (χ2n) is 5.75. The van der Waals surface area contributed by atoms with E-state index in [2.05, 4.69) is 9.89 Å². The van der Waals surface area contributed by atoms with Crippen LogP contribution >= 0.6 is 0 Å². The van der Waals surface area contributed by atoms with Crippen molar-refractivity contribution in [3.63, 3.8) is 0 Å². The molecule has 1 unspecified atom stereocenters. The lowest BCUT2D eigenvalue weighted by atomic mass is 10.2. The standard InChI is InChI=1S/C17H27N3O2/c18-17(20-10-6-1-2-7-11-20)19-12-16(21)14-22-13-15-8-4-3-5-9-15/h3-5,8-9,16,21H,1-2,6-7,10-14H2,(H2,18,19). The molecule has 1 aliphatic rings. The van der Waals surface area contributed by atoms with E-state index in [9.17, 15) is 5.11 Å². The summed E-state index contributed by atoms with van der Waals surface area (Å²) in [6.45, 7) is 3.00. The van der Waals surface area contributed by atoms with E-state index in [0.717, 1.165) is 18.7 Å². The minimum Gasteiger partial charge on any atom is -0.389 e. The molecule has 122 valence electrons. The van der Waals surface area contributed by atoms with Crippen LogP contribution in [0.5, 0.6) is 0 Å². The molecule has 0 radical (unpaired) electrons. The Balaban J connectivity index is 1.67. The highest BCUT2D eigenvalue weighted by molar-refractivity contribution is 5.78. The van der Waals surface area contributed by atoms with Crippen molar-refractivity contribution in [3.8, 4) is 0 Å². The van der Waals surface area contributed by atoms with Gasteiger partial charge in [0.2, 0.25) is 0 Å². The van der Waals surface area contributed by atoms with E-state index < -0.39 is 6.10 Å². The zero-order chi connectivity index (χ0) is 15.6. The highest BCUT2D eigenvalue weighted by Gasteiger charge is 2.11. The SMILES string of the molecule is NC(=NCC(O)COCc1ccccc1)N1CCCCCC1. The Kier molecular flexibility index (Phi) is 7.19. The number of nitrogens with zero attached hydrogens (tertiary/aromatic N) is 2. The molecule has 0 aromatic heterocycles. The van der Waals surface area contributed by atoms with Crippen molar-refractivity contribution in [2.45, 2.75) is 38.4 Å². The number of benzene rings is 1. The highest BCUT2D eigenvalue weighted by atomic mass is 16.5. The first-order chi connectivity index (χ1) is 10.8. The second-order valence-corrected chi connectivity index (χ2v) is 5.75. The van der Waals surface area contributed by atoms with Gasteiger partial charge in [-0.15, -0.1) is 0 Å². The Bertz CT molecular complexity index is 442. The molecule has 0 amide bonds. The van der Waals surface area contributed by atoms with Crippen LogP contribution in [0.15, 0.2) is 35.3 Å². The summed E-state index contributed by atoms with van der Waals surface area (Å²) in [5.41, 5.74) is 7.11. The van der Waals surface area contributed by atoms with Gasteiger partial charge >= 0.3 is 0 Å². The Hall–Kier alpha value is -1.59. The second kappa shape index (κ2) is 9.43. The van der Waals surface area contributed by atoms with Crippen molar-refractivity contribution in [1.29, 1.82) is 0 Å². The predicted octanol–water partition coefficient (Wildman–Crippen LogP) is 1.75. The summed E-state index contributed by atoms with van der Waals surface area (Å²) in [5, 5.41) is 9.92. The molecule has 1 fully saturated rings. The average Bonchev–Trinajstić information content (AvgIpc) is 2.83. The molecule has 22 heavy (non-hydrogen) atoms. The fraction of sp³-hybridized carbons (Fsp3) is 0.588. The van der Waals surface area contributed by atoms with E-state index in [0.29, 0.717) is 12.6 Å². The van der Waals surface area contributed by atoms with Crippen LogP contribution in [0.2, 0.25) is 0 Å². The minimum atomic E-state index is -0.616. The summed E-state index contributed by atoms with van der Waals surface area (Å²) < 4.78 is 5.51. The normalized spacial score (nSPS) is 18.0. The smallest absolute Gasteiger partial charge is 0.191 e. The first kappa shape index (κ1) is 16.8. The van der Waals surface area contributed by atoms with Crippen LogP contribution in [-0.4, -0.2) is 48.3 Å². The minimum absolute atomic E-state index is 0.270. The van der Waals surface area contributed by atoms with Crippen LogP contribution in [0.1, 0.15) is 31.2 Å². The molecule has 1 aromatic carbocycles. The fourth-order valence-corrected chi connectivity index (χ4v) is 2.54. The molecule has 5 nitrogen and oxygen atoms in total. The lowest BCUT2D eigenvalue weighted by Gasteiger charge is -2.21. The average molecular weight is 305 g/mol. The summed E-state index contributed by atoms with van der Waals surface area (Å²) in [4.78, 5) is 6.42. The number of likely N-dealkylation sites (tertiary alicyclic amines) is 1. The van der Waals surface area contributed by atoms with Crippen LogP contribution in [0.25, 0.3) is 0 Å². The third-order valence-electron chi connectivity index (χ3n) is 3.82. The van der Waals surface area contributed by atoms with Crippen molar-refractivity contribution < 1.29 is 9.84 Å². The molecule has 1 atom stereocenters. The highest BCUT2D eigenvalue weighted by Crippen LogP contribution is 2.09. The lowest BCUT2D eigenvalue weighted by Crippen LogP contribution is -2.38. The first-order valence-electron chi connectivity index (χ1n) is 8.10. The number of aliphatic imine (C=N–C) groups is 1. The third kappa shape index (κ3) is 6.03. The fourth-order valence-electron chi connectivity index (χ4n) is 2.54. The summed E-state index contributed by atoms with van der Waals surface area (Å²) in [6, 6.07) is 9.92. The van der Waals surface area contributed by atoms with Crippen LogP contribution in [-0.2, 0) is 11.3 Å². The summed E-state index contributed by atoms with van der Waals surface area (Å²) >= 11 is 0. The maximum absolute atomic E-state index is 9.92. The lowest BCUT2D eigenvalue weighted by molar-refractivity contribution is 0.0330. The van der Waals surface area contributed by atoms with Gasteiger partial charge in [0.1, 0.15) is 0 Å². The summed E-state index contributed by atoms with van der Waals surface area (Å²) in [5.74, 6) is 0.545. The van der Waals surface area contributed by atoms with Crippen molar-refractivity contribution >= 4 is 5.96 Å². The van der Waals surface area contributed by atoms with Gasteiger partial charge in [-0.2, -0.15) is 0 Å². The molecule has 5 heteroatoms. The van der Waals surface area contributed by atoms with Gasteiger partial charge in [-0.1, -0.05) is 43.2 Å². The molecule has 1 aromatic rings. The quantitative estimate of drug-likeness (QED) is 0.620. The topological polar surface area (TPSA) is 71.1 Å². The van der Waals surface area contributed by atoms with E-state index in [1.807, 2.05) is 30.3 Å². The molecular formula is C17H27N3O2. The Morgan fingerprint density at radius 3 is 2.55 bits per heavy atom. The maximum atomic E-state index is 9.92. The van der Waals surface area contributed by atoms with Gasteiger partial charge < -0.3 is 20.5 Å². The molecule has 1 heterocycles. The van der Waals surface area contributed by atoms with Crippen LogP contribution in [0.4, 0.5) is 0 Å². The number of aliphatic hydroxyl groups is 1. The molecule has 0 spiro atoms. The number of nitrogens with two attached hydrogens (primary N) is 1. The van der Waals surface area contributed by atoms with E-state index in [4.69, 9.17) is 10.5 Å². The largest absolute Gasteiger partial charge is 0.389 e. The Labute approximate surface area is 132 Å². The Morgan fingerprint density at radius 1 is 1.18 bits per heavy atom. The molecule has 1 aliphatic heterocycles. The number of ether oxygens (including phenoxy) is 1. The van der Waals surface area contributed by atoms with Gasteiger partial charge in [0, 0.05) is 13.1 Å². The first-order valence-corrected chi connectivity index (χ1v) is 8.10. The summed E-state index contributed by atoms with van der Waals surface area (Å²) in [7, 11) is 0. The van der Waals surface area contributed by atoms with Gasteiger partial charge in [0.25, 0.3) is 0 Å². The van der Waals surface area contributed by atoms with Crippen LogP contribution in [0.3, 0.4) is 0 Å². The van der Waals surface area contributed by atoms with Gasteiger partial charge in [0.15, 0.2) is 5.96 Å². The van der Waals surface area contributed by atoms with E-state index in [-0.39, 0.29) is 13.2 Å². The van der Waals surface area contributed by atoms with Crippen molar-refractivity contribution in [1.82, 2.24) is 4.90 Å². The monoisotopic (exact) mass is 305 g/mol. The number of hydrogen-bond acceptors (Lipinski definition) is 3. The predicted molar refractivity (Wildman–Crippen MR) is 88.6 cm³/mol. The van der Waals surface area contributed by atoms with Crippen molar-refractivity contribution in [3.05, 3.63) is 35.9 Å². The van der Waals surface area contributed by atoms with Gasteiger partial charge in [-0.05, 0) is 18.4 Å². The zero-order valence-corrected chi connectivity index (χ0v) is 13.2. The number of guanidine groups is 1. The maximum Gasteiger partial charge on any atom is 0.191 e. The molecule has 3 N–H and O–H groups in total. The zero-order valence-electron chi connectivity index (χ0n) is 13.2. The third-order valence-corrected chi connectivity index (χ3v) is 3.82. The van der Waals surface area contributed by atoms with Gasteiger partial charge in [0.05, 0.1) is 25.9 Å². The van der Waals surface area contributed by atoms with E-state index in [1.165, 1.54) is 25.7 Å². The van der Waals surface area contributed by atoms with Crippen LogP contribution < -0.4 is 5.73 Å². The molecule has 0 saturated carbocycles. The molecule has 0 aliphatic carbocycles. The van der Waals surface area contributed by atoms with E-state index >= 15 is 0 Å². The van der Waals surface area contributed by atoms with Crippen LogP contribution in [0, 0.1) is 0 Å². The number of hydrogen-bond donors (Lipinski definition) is 2. The van der Waals surface area contributed by atoms with Gasteiger partial charge in [-0.25, -0.2) is 0 Å². The van der Waals surface area contributed by atoms with Crippen molar-refractivity contribution in [2.24, 2.45) is 10.7 Å². The van der Waals surface area contributed by atoms with Crippen molar-refractivity contribution in [2.75, 3.05) is 26.2 Å². The molecule has 1 saturated heterocycles. The molecule has 0 bridgehead atoms. The Morgan fingerprint density at radius 2 is 1.86 bits per heavy atom. The molecule has 2 rings (SSSR count). The van der Waals surface area contributed by atoms with Gasteiger partial charge in [-0.3, -0.25) is 4.99 Å².